The third kappa shape index (κ3) is 3.97. The van der Waals surface area contributed by atoms with Crippen molar-refractivity contribution in [2.45, 2.75) is 19.9 Å². The van der Waals surface area contributed by atoms with Crippen molar-refractivity contribution in [3.63, 3.8) is 0 Å². The highest BCUT2D eigenvalue weighted by atomic mass is 16.5. The molecule has 10 heteroatoms. The fourth-order valence-electron chi connectivity index (χ4n) is 2.21. The highest BCUT2D eigenvalue weighted by molar-refractivity contribution is 6.53. The summed E-state index contributed by atoms with van der Waals surface area (Å²) in [5.41, 5.74) is 0.162. The van der Waals surface area contributed by atoms with Crippen LogP contribution in [0.3, 0.4) is 0 Å². The molecule has 2 rings (SSSR count). The number of carbonyl (C=O) groups excluding carboxylic acids is 5. The average molecular weight is 362 g/mol. The summed E-state index contributed by atoms with van der Waals surface area (Å²) in [7, 11) is 1.46. The number of hydrogen-bond acceptors (Lipinski definition) is 6. The number of nitrogens with one attached hydrogen (secondary N) is 2. The summed E-state index contributed by atoms with van der Waals surface area (Å²) in [5, 5.41) is 4.41. The van der Waals surface area contributed by atoms with Crippen LogP contribution < -0.4 is 20.3 Å². The van der Waals surface area contributed by atoms with Crippen LogP contribution in [0.4, 0.5) is 15.3 Å². The van der Waals surface area contributed by atoms with Crippen molar-refractivity contribution in [3.05, 3.63) is 24.3 Å². The van der Waals surface area contributed by atoms with Gasteiger partial charge >= 0.3 is 23.9 Å². The first kappa shape index (κ1) is 18.9. The number of methoxy groups -OCH3 is 1. The van der Waals surface area contributed by atoms with Crippen molar-refractivity contribution in [1.29, 1.82) is 0 Å². The maximum Gasteiger partial charge on any atom is 0.339 e. The van der Waals surface area contributed by atoms with E-state index in [2.05, 4.69) is 5.32 Å². The van der Waals surface area contributed by atoms with Crippen LogP contribution in [0.1, 0.15) is 13.8 Å². The predicted octanol–water partition coefficient (Wildman–Crippen LogP) is 0.225. The molecule has 0 atom stereocenters. The zero-order valence-corrected chi connectivity index (χ0v) is 14.4. The second kappa shape index (κ2) is 7.64. The molecule has 1 aliphatic rings. The Balaban J connectivity index is 2.10. The molecule has 0 radical (unpaired) electrons. The van der Waals surface area contributed by atoms with Gasteiger partial charge in [-0.25, -0.2) is 19.4 Å². The predicted molar refractivity (Wildman–Crippen MR) is 89.4 cm³/mol. The normalized spacial score (nSPS) is 14.1. The summed E-state index contributed by atoms with van der Waals surface area (Å²) >= 11 is 0. The van der Waals surface area contributed by atoms with Crippen molar-refractivity contribution in [1.82, 2.24) is 15.5 Å². The maximum atomic E-state index is 12.4. The molecule has 1 heterocycles. The van der Waals surface area contributed by atoms with Gasteiger partial charge in [-0.2, -0.15) is 0 Å². The quantitative estimate of drug-likeness (QED) is 0.570. The molecule has 10 nitrogen and oxygen atoms in total. The second-order valence-electron chi connectivity index (χ2n) is 5.69. The van der Waals surface area contributed by atoms with Gasteiger partial charge in [0, 0.05) is 6.04 Å². The molecular weight excluding hydrogens is 344 g/mol. The fourth-order valence-corrected chi connectivity index (χ4v) is 2.21. The summed E-state index contributed by atoms with van der Waals surface area (Å²) in [6.45, 7) is 2.65. The summed E-state index contributed by atoms with van der Waals surface area (Å²) in [6.07, 6.45) is 0. The van der Waals surface area contributed by atoms with Crippen molar-refractivity contribution in [3.8, 4) is 5.75 Å². The van der Waals surface area contributed by atoms with Crippen molar-refractivity contribution in [2.24, 2.45) is 0 Å². The Hall–Kier alpha value is -3.43. The first-order valence-electron chi connectivity index (χ1n) is 7.69. The highest BCUT2D eigenvalue weighted by Gasteiger charge is 2.46. The number of ether oxygens (including phenoxy) is 1. The van der Waals surface area contributed by atoms with E-state index in [1.165, 1.54) is 31.4 Å². The van der Waals surface area contributed by atoms with Gasteiger partial charge in [0.05, 0.1) is 12.8 Å². The van der Waals surface area contributed by atoms with Gasteiger partial charge in [0.1, 0.15) is 12.3 Å². The molecule has 1 aliphatic heterocycles. The van der Waals surface area contributed by atoms with E-state index in [1.54, 1.807) is 13.8 Å². The lowest BCUT2D eigenvalue weighted by Gasteiger charge is -2.16. The van der Waals surface area contributed by atoms with E-state index in [4.69, 9.17) is 4.74 Å². The zero-order valence-electron chi connectivity index (χ0n) is 14.4. The number of benzene rings is 1. The van der Waals surface area contributed by atoms with Crippen molar-refractivity contribution >= 4 is 35.5 Å². The van der Waals surface area contributed by atoms with E-state index >= 15 is 0 Å². The number of hydrogen-bond donors (Lipinski definition) is 2. The standard InChI is InChI=1S/C16H18N4O6/c1-9(2)17-15(24)18-12(21)8-19-13(22)14(23)20(16(19)25)10-4-6-11(26-3)7-5-10/h4-7,9H,8H2,1-3H3,(H2,17,18,21,24). The molecular formula is C16H18N4O6. The van der Waals surface area contributed by atoms with E-state index in [1.807, 2.05) is 5.32 Å². The minimum atomic E-state index is -1.15. The molecule has 26 heavy (non-hydrogen) atoms. The minimum absolute atomic E-state index is 0.162. The van der Waals surface area contributed by atoms with Gasteiger partial charge in [-0.1, -0.05) is 0 Å². The SMILES string of the molecule is COc1ccc(N2C(=O)C(=O)N(CC(=O)NC(=O)NC(C)C)C2=O)cc1. The summed E-state index contributed by atoms with van der Waals surface area (Å²) in [4.78, 5) is 61.0. The zero-order chi connectivity index (χ0) is 19.4. The third-order valence-electron chi connectivity index (χ3n) is 3.36. The minimum Gasteiger partial charge on any atom is -0.497 e. The molecule has 1 aromatic rings. The maximum absolute atomic E-state index is 12.4. The monoisotopic (exact) mass is 362 g/mol. The van der Waals surface area contributed by atoms with E-state index in [-0.39, 0.29) is 11.7 Å². The van der Waals surface area contributed by atoms with E-state index in [0.29, 0.717) is 15.5 Å². The van der Waals surface area contributed by atoms with Crippen LogP contribution in [0, 0.1) is 0 Å². The molecule has 0 unspecified atom stereocenters. The highest BCUT2D eigenvalue weighted by Crippen LogP contribution is 2.24. The number of urea groups is 2. The van der Waals surface area contributed by atoms with Crippen LogP contribution in [0.15, 0.2) is 24.3 Å². The second-order valence-corrected chi connectivity index (χ2v) is 5.69. The summed E-state index contributed by atoms with van der Waals surface area (Å²) in [5.74, 6) is -2.62. The molecule has 0 aromatic heterocycles. The van der Waals surface area contributed by atoms with Gasteiger partial charge < -0.3 is 10.1 Å². The van der Waals surface area contributed by atoms with Crippen LogP contribution >= 0.6 is 0 Å². The number of amides is 7. The molecule has 1 fully saturated rings. The first-order valence-corrected chi connectivity index (χ1v) is 7.69. The Morgan fingerprint density at radius 3 is 2.23 bits per heavy atom. The number of rotatable bonds is 5. The van der Waals surface area contributed by atoms with Crippen LogP contribution in [0.5, 0.6) is 5.75 Å². The molecule has 1 saturated heterocycles. The Bertz CT molecular complexity index is 759. The topological polar surface area (TPSA) is 125 Å². The Kier molecular flexibility index (Phi) is 5.55. The van der Waals surface area contributed by atoms with Gasteiger partial charge in [0.2, 0.25) is 5.91 Å². The number of nitrogens with zero attached hydrogens (tertiary/aromatic N) is 2. The molecule has 0 bridgehead atoms. The van der Waals surface area contributed by atoms with Crippen LogP contribution in [0.25, 0.3) is 0 Å². The van der Waals surface area contributed by atoms with E-state index in [0.717, 1.165) is 0 Å². The smallest absolute Gasteiger partial charge is 0.339 e. The van der Waals surface area contributed by atoms with Gasteiger partial charge in [0.25, 0.3) is 0 Å². The number of anilines is 1. The molecule has 2 N–H and O–H groups in total. The van der Waals surface area contributed by atoms with Gasteiger partial charge in [-0.15, -0.1) is 0 Å². The average Bonchev–Trinajstić information content (AvgIpc) is 2.78. The fraction of sp³-hybridized carbons (Fsp3) is 0.312. The lowest BCUT2D eigenvalue weighted by atomic mass is 10.3. The molecule has 1 aromatic carbocycles. The largest absolute Gasteiger partial charge is 0.497 e. The van der Waals surface area contributed by atoms with Crippen LogP contribution in [-0.4, -0.2) is 54.4 Å². The van der Waals surface area contributed by atoms with Gasteiger partial charge in [-0.3, -0.25) is 19.7 Å². The van der Waals surface area contributed by atoms with Gasteiger partial charge in [-0.05, 0) is 38.1 Å². The third-order valence-corrected chi connectivity index (χ3v) is 3.36. The lowest BCUT2D eigenvalue weighted by molar-refractivity contribution is -0.140. The molecule has 0 saturated carbocycles. The Labute approximate surface area is 149 Å². The summed E-state index contributed by atoms with van der Waals surface area (Å²) in [6, 6.07) is 3.97. The molecule has 7 amide bonds. The van der Waals surface area contributed by atoms with E-state index in [9.17, 15) is 24.0 Å². The molecule has 0 spiro atoms. The number of imide groups is 3. The summed E-state index contributed by atoms with van der Waals surface area (Å²) < 4.78 is 4.99. The van der Waals surface area contributed by atoms with Crippen LogP contribution in [-0.2, 0) is 14.4 Å². The van der Waals surface area contributed by atoms with Gasteiger partial charge in [0.15, 0.2) is 0 Å². The van der Waals surface area contributed by atoms with Crippen molar-refractivity contribution in [2.75, 3.05) is 18.6 Å². The lowest BCUT2D eigenvalue weighted by Crippen LogP contribution is -2.47. The number of carbonyl (C=O) groups is 5. The molecule has 138 valence electrons. The molecule has 0 aliphatic carbocycles. The van der Waals surface area contributed by atoms with E-state index < -0.39 is 36.3 Å². The Morgan fingerprint density at radius 2 is 1.69 bits per heavy atom. The first-order chi connectivity index (χ1) is 12.2. The Morgan fingerprint density at radius 1 is 1.08 bits per heavy atom. The van der Waals surface area contributed by atoms with Crippen molar-refractivity contribution < 1.29 is 28.7 Å². The van der Waals surface area contributed by atoms with Crippen LogP contribution in [0.2, 0.25) is 0 Å².